The second-order valence-corrected chi connectivity index (χ2v) is 8.22. The Hall–Kier alpha value is -1.53. The molecule has 7 heteroatoms. The van der Waals surface area contributed by atoms with Crippen LogP contribution in [0.4, 0.5) is 4.79 Å². The van der Waals surface area contributed by atoms with Gasteiger partial charge in [-0.3, -0.25) is 4.21 Å². The van der Waals surface area contributed by atoms with E-state index in [0.717, 1.165) is 34.6 Å². The third-order valence-corrected chi connectivity index (χ3v) is 6.29. The van der Waals surface area contributed by atoms with Crippen LogP contribution in [0, 0.1) is 0 Å². The number of carbonyl (C=O) groups is 1. The summed E-state index contributed by atoms with van der Waals surface area (Å²) in [6, 6.07) is 8.00. The summed E-state index contributed by atoms with van der Waals surface area (Å²) < 4.78 is 13.7. The standard InChI is InChI=1S/C16H18ClN3O2S/c17-12-2-1-11-7-14-9-19(4-5-20(14)15(11)8-12)16(21)18-13-3-6-23(22)10-13/h1-2,7-8,13H,3-6,9-10H2,(H,18,21). The summed E-state index contributed by atoms with van der Waals surface area (Å²) in [7, 11) is -0.773. The van der Waals surface area contributed by atoms with Crippen molar-refractivity contribution in [2.24, 2.45) is 0 Å². The molecule has 1 N–H and O–H groups in total. The van der Waals surface area contributed by atoms with Gasteiger partial charge in [0.1, 0.15) is 0 Å². The summed E-state index contributed by atoms with van der Waals surface area (Å²) in [6.45, 7) is 2.03. The van der Waals surface area contributed by atoms with Gasteiger partial charge in [-0.1, -0.05) is 17.7 Å². The number of nitrogens with zero attached hydrogens (tertiary/aromatic N) is 2. The Kier molecular flexibility index (Phi) is 3.81. The molecule has 2 amide bonds. The van der Waals surface area contributed by atoms with Gasteiger partial charge in [-0.25, -0.2) is 4.79 Å². The average Bonchev–Trinajstić information content (AvgIpc) is 3.09. The largest absolute Gasteiger partial charge is 0.341 e. The Labute approximate surface area is 142 Å². The number of nitrogens with one attached hydrogen (secondary N) is 1. The lowest BCUT2D eigenvalue weighted by atomic mass is 10.2. The highest BCUT2D eigenvalue weighted by atomic mass is 35.5. The van der Waals surface area contributed by atoms with Crippen LogP contribution in [0.2, 0.25) is 5.02 Å². The van der Waals surface area contributed by atoms with E-state index in [9.17, 15) is 9.00 Å². The number of hydrogen-bond donors (Lipinski definition) is 1. The van der Waals surface area contributed by atoms with Crippen LogP contribution in [0.5, 0.6) is 0 Å². The van der Waals surface area contributed by atoms with E-state index >= 15 is 0 Å². The van der Waals surface area contributed by atoms with Crippen LogP contribution in [0.1, 0.15) is 12.1 Å². The van der Waals surface area contributed by atoms with Gasteiger partial charge in [-0.05, 0) is 24.6 Å². The van der Waals surface area contributed by atoms with Gasteiger partial charge in [0.25, 0.3) is 0 Å². The summed E-state index contributed by atoms with van der Waals surface area (Å²) in [6.07, 6.45) is 0.810. The molecule has 2 aromatic rings. The van der Waals surface area contributed by atoms with Crippen molar-refractivity contribution < 1.29 is 9.00 Å². The summed E-state index contributed by atoms with van der Waals surface area (Å²) in [5.74, 6) is 1.28. The SMILES string of the molecule is O=C(NC1CCS(=O)C1)N1CCn2c(cc3ccc(Cl)cc32)C1. The van der Waals surface area contributed by atoms with Crippen molar-refractivity contribution in [3.8, 4) is 0 Å². The van der Waals surface area contributed by atoms with Crippen molar-refractivity contribution in [1.82, 2.24) is 14.8 Å². The van der Waals surface area contributed by atoms with Crippen molar-refractivity contribution in [1.29, 1.82) is 0 Å². The third-order valence-electron chi connectivity index (χ3n) is 4.59. The van der Waals surface area contributed by atoms with Crippen LogP contribution in [0.15, 0.2) is 24.3 Å². The highest BCUT2D eigenvalue weighted by Crippen LogP contribution is 2.26. The number of benzene rings is 1. The monoisotopic (exact) mass is 351 g/mol. The normalized spacial score (nSPS) is 24.0. The molecule has 2 aliphatic heterocycles. The summed E-state index contributed by atoms with van der Waals surface area (Å²) in [4.78, 5) is 14.3. The molecule has 2 atom stereocenters. The lowest BCUT2D eigenvalue weighted by Gasteiger charge is -2.30. The fourth-order valence-corrected chi connectivity index (χ4v) is 4.97. The molecule has 0 spiro atoms. The van der Waals surface area contributed by atoms with Crippen molar-refractivity contribution in [2.45, 2.75) is 25.6 Å². The van der Waals surface area contributed by atoms with Gasteiger partial charge in [0.15, 0.2) is 0 Å². The van der Waals surface area contributed by atoms with E-state index in [1.54, 1.807) is 0 Å². The molecule has 0 radical (unpaired) electrons. The van der Waals surface area contributed by atoms with E-state index in [-0.39, 0.29) is 12.1 Å². The van der Waals surface area contributed by atoms with Crippen molar-refractivity contribution in [3.63, 3.8) is 0 Å². The third kappa shape index (κ3) is 2.85. The number of urea groups is 1. The van der Waals surface area contributed by atoms with Gasteiger partial charge in [0.05, 0.1) is 6.54 Å². The zero-order valence-electron chi connectivity index (χ0n) is 12.6. The number of hydrogen-bond acceptors (Lipinski definition) is 2. The minimum atomic E-state index is -0.773. The smallest absolute Gasteiger partial charge is 0.318 e. The van der Waals surface area contributed by atoms with Gasteiger partial charge in [0.2, 0.25) is 0 Å². The Morgan fingerprint density at radius 3 is 2.96 bits per heavy atom. The molecule has 0 bridgehead atoms. The van der Waals surface area contributed by atoms with Crippen LogP contribution in [0.25, 0.3) is 10.9 Å². The van der Waals surface area contributed by atoms with Crippen molar-refractivity contribution >= 4 is 39.3 Å². The minimum Gasteiger partial charge on any atom is -0.341 e. The highest BCUT2D eigenvalue weighted by Gasteiger charge is 2.27. The number of rotatable bonds is 1. The van der Waals surface area contributed by atoms with E-state index in [2.05, 4.69) is 16.0 Å². The molecule has 3 heterocycles. The first-order valence-corrected chi connectivity index (χ1v) is 9.65. The first-order valence-electron chi connectivity index (χ1n) is 7.78. The molecule has 1 saturated heterocycles. The molecule has 2 unspecified atom stereocenters. The van der Waals surface area contributed by atoms with Crippen LogP contribution in [0.3, 0.4) is 0 Å². The maximum atomic E-state index is 12.4. The summed E-state index contributed by atoms with van der Waals surface area (Å²) in [5, 5.41) is 4.90. The van der Waals surface area contributed by atoms with Gasteiger partial charge in [-0.15, -0.1) is 0 Å². The quantitative estimate of drug-likeness (QED) is 0.857. The highest BCUT2D eigenvalue weighted by molar-refractivity contribution is 7.85. The van der Waals surface area contributed by atoms with Crippen LogP contribution in [-0.2, 0) is 23.9 Å². The molecule has 122 valence electrons. The first kappa shape index (κ1) is 15.0. The first-order chi connectivity index (χ1) is 11.1. The fourth-order valence-electron chi connectivity index (χ4n) is 3.39. The topological polar surface area (TPSA) is 54.3 Å². The molecule has 1 fully saturated rings. The summed E-state index contributed by atoms with van der Waals surface area (Å²) >= 11 is 6.09. The van der Waals surface area contributed by atoms with Gasteiger partial charge < -0.3 is 14.8 Å². The van der Waals surface area contributed by atoms with Crippen LogP contribution < -0.4 is 5.32 Å². The van der Waals surface area contributed by atoms with Crippen LogP contribution >= 0.6 is 11.6 Å². The zero-order valence-corrected chi connectivity index (χ0v) is 14.2. The van der Waals surface area contributed by atoms with Gasteiger partial charge in [0, 0.05) is 63.1 Å². The molecule has 2 aliphatic rings. The van der Waals surface area contributed by atoms with E-state index in [1.807, 2.05) is 23.1 Å². The van der Waals surface area contributed by atoms with Gasteiger partial charge >= 0.3 is 6.03 Å². The van der Waals surface area contributed by atoms with E-state index in [1.165, 1.54) is 0 Å². The Bertz CT molecular complexity index is 804. The summed E-state index contributed by atoms with van der Waals surface area (Å²) in [5.41, 5.74) is 2.25. The Morgan fingerprint density at radius 2 is 2.17 bits per heavy atom. The van der Waals surface area contributed by atoms with E-state index in [4.69, 9.17) is 11.6 Å². The van der Waals surface area contributed by atoms with Crippen molar-refractivity contribution in [2.75, 3.05) is 18.1 Å². The maximum absolute atomic E-state index is 12.4. The lowest BCUT2D eigenvalue weighted by molar-refractivity contribution is 0.181. The fraction of sp³-hybridized carbons (Fsp3) is 0.438. The molecule has 1 aromatic carbocycles. The Morgan fingerprint density at radius 1 is 1.30 bits per heavy atom. The lowest BCUT2D eigenvalue weighted by Crippen LogP contribution is -2.47. The van der Waals surface area contributed by atoms with E-state index < -0.39 is 10.8 Å². The predicted octanol–water partition coefficient (Wildman–Crippen LogP) is 2.34. The second-order valence-electron chi connectivity index (χ2n) is 6.16. The molecule has 0 saturated carbocycles. The Balaban J connectivity index is 1.51. The molecular formula is C16H18ClN3O2S. The number of aromatic nitrogens is 1. The van der Waals surface area contributed by atoms with Crippen LogP contribution in [-0.4, -0.2) is 43.8 Å². The van der Waals surface area contributed by atoms with E-state index in [0.29, 0.717) is 24.6 Å². The number of fused-ring (bicyclic) bond motifs is 3. The molecule has 5 nitrogen and oxygen atoms in total. The average molecular weight is 352 g/mol. The predicted molar refractivity (Wildman–Crippen MR) is 92.2 cm³/mol. The minimum absolute atomic E-state index is 0.0509. The number of amides is 2. The molecule has 0 aliphatic carbocycles. The molecular weight excluding hydrogens is 334 g/mol. The molecule has 1 aromatic heterocycles. The molecule has 23 heavy (non-hydrogen) atoms. The van der Waals surface area contributed by atoms with Gasteiger partial charge in [-0.2, -0.15) is 0 Å². The second kappa shape index (κ2) is 5.83. The zero-order chi connectivity index (χ0) is 16.0. The number of halogens is 1. The van der Waals surface area contributed by atoms with Crippen molar-refractivity contribution in [3.05, 3.63) is 35.0 Å². The number of carbonyl (C=O) groups excluding carboxylic acids is 1. The maximum Gasteiger partial charge on any atom is 0.318 e. The molecule has 4 rings (SSSR count).